The van der Waals surface area contributed by atoms with Crippen LogP contribution in [-0.2, 0) is 11.3 Å². The number of hydrogen-bond acceptors (Lipinski definition) is 3. The highest BCUT2D eigenvalue weighted by atomic mass is 32.1. The van der Waals surface area contributed by atoms with E-state index in [9.17, 15) is 4.79 Å². The molecule has 1 heterocycles. The summed E-state index contributed by atoms with van der Waals surface area (Å²) < 4.78 is 0. The van der Waals surface area contributed by atoms with Gasteiger partial charge in [-0.1, -0.05) is 50.2 Å². The van der Waals surface area contributed by atoms with Crippen LogP contribution in [0.4, 0.5) is 0 Å². The molecule has 3 rings (SSSR count). The second-order valence-corrected chi connectivity index (χ2v) is 8.26. The van der Waals surface area contributed by atoms with Gasteiger partial charge in [0.25, 0.3) is 0 Å². The standard InChI is InChI=1S/C21H28N2OS/c1-16(2)11-21(24)23(15-22-10-9-20(25)14-22)13-17-7-8-18-5-3-4-6-19(18)12-17/h3-8,12,16,20,25H,9-11,13-15H2,1-2H3/t20-/m0/s1. The molecule has 3 nitrogen and oxygen atoms in total. The number of fused-ring (bicyclic) bond motifs is 1. The quantitative estimate of drug-likeness (QED) is 0.785. The SMILES string of the molecule is CC(C)CC(=O)N(Cc1ccc2ccccc2c1)CN1CC[C@H](S)C1. The van der Waals surface area contributed by atoms with Crippen molar-refractivity contribution in [1.82, 2.24) is 9.80 Å². The third kappa shape index (κ3) is 4.99. The summed E-state index contributed by atoms with van der Waals surface area (Å²) in [4.78, 5) is 17.1. The van der Waals surface area contributed by atoms with Gasteiger partial charge in [0.1, 0.15) is 0 Å². The van der Waals surface area contributed by atoms with E-state index in [4.69, 9.17) is 0 Å². The number of rotatable bonds is 6. The topological polar surface area (TPSA) is 23.6 Å². The van der Waals surface area contributed by atoms with Crippen LogP contribution in [0.15, 0.2) is 42.5 Å². The molecular weight excluding hydrogens is 328 g/mol. The van der Waals surface area contributed by atoms with E-state index >= 15 is 0 Å². The molecule has 0 bridgehead atoms. The van der Waals surface area contributed by atoms with Gasteiger partial charge in [-0.15, -0.1) is 0 Å². The van der Waals surface area contributed by atoms with Crippen molar-refractivity contribution >= 4 is 29.3 Å². The Hall–Kier alpha value is -1.52. The number of nitrogens with zero attached hydrogens (tertiary/aromatic N) is 2. The van der Waals surface area contributed by atoms with Crippen LogP contribution in [0, 0.1) is 5.92 Å². The summed E-state index contributed by atoms with van der Waals surface area (Å²) in [6, 6.07) is 14.9. The molecule has 1 aliphatic rings. The maximum Gasteiger partial charge on any atom is 0.224 e. The first-order valence-corrected chi connectivity index (χ1v) is 9.69. The minimum atomic E-state index is 0.241. The lowest BCUT2D eigenvalue weighted by Crippen LogP contribution is -2.40. The molecule has 1 fully saturated rings. The highest BCUT2D eigenvalue weighted by Crippen LogP contribution is 2.20. The molecule has 4 heteroatoms. The molecule has 0 aromatic heterocycles. The summed E-state index contributed by atoms with van der Waals surface area (Å²) in [6.07, 6.45) is 1.71. The fourth-order valence-corrected chi connectivity index (χ4v) is 3.78. The Bertz CT molecular complexity index is 731. The molecule has 0 N–H and O–H groups in total. The fourth-order valence-electron chi connectivity index (χ4n) is 3.43. The average Bonchev–Trinajstić information content (AvgIpc) is 2.98. The third-order valence-corrected chi connectivity index (χ3v) is 5.16. The minimum Gasteiger partial charge on any atom is -0.325 e. The number of likely N-dealkylation sites (tertiary alicyclic amines) is 1. The number of carbonyl (C=O) groups is 1. The van der Waals surface area contributed by atoms with Crippen LogP contribution < -0.4 is 0 Å². The van der Waals surface area contributed by atoms with Crippen molar-refractivity contribution in [2.24, 2.45) is 5.92 Å². The van der Waals surface area contributed by atoms with Gasteiger partial charge in [-0.2, -0.15) is 12.6 Å². The van der Waals surface area contributed by atoms with Gasteiger partial charge in [-0.3, -0.25) is 9.69 Å². The first kappa shape index (κ1) is 18.3. The molecule has 134 valence electrons. The maximum absolute atomic E-state index is 12.8. The van der Waals surface area contributed by atoms with Crippen LogP contribution in [0.2, 0.25) is 0 Å². The van der Waals surface area contributed by atoms with E-state index < -0.39 is 0 Å². The Morgan fingerprint density at radius 1 is 1.24 bits per heavy atom. The van der Waals surface area contributed by atoms with Gasteiger partial charge in [0.05, 0.1) is 6.67 Å². The second kappa shape index (κ2) is 8.24. The Morgan fingerprint density at radius 2 is 2.00 bits per heavy atom. The molecule has 0 saturated carbocycles. The van der Waals surface area contributed by atoms with Crippen molar-refractivity contribution in [2.45, 2.75) is 38.5 Å². The third-order valence-electron chi connectivity index (χ3n) is 4.74. The van der Waals surface area contributed by atoms with Crippen LogP contribution in [0.1, 0.15) is 32.3 Å². The largest absolute Gasteiger partial charge is 0.325 e. The van der Waals surface area contributed by atoms with E-state index in [1.165, 1.54) is 16.3 Å². The van der Waals surface area contributed by atoms with Gasteiger partial charge in [0, 0.05) is 31.3 Å². The molecule has 2 aromatic rings. The Morgan fingerprint density at radius 3 is 2.68 bits per heavy atom. The van der Waals surface area contributed by atoms with Gasteiger partial charge in [0.15, 0.2) is 0 Å². The summed E-state index contributed by atoms with van der Waals surface area (Å²) in [5.41, 5.74) is 1.19. The van der Waals surface area contributed by atoms with Gasteiger partial charge in [-0.05, 0) is 34.7 Å². The molecule has 2 aromatic carbocycles. The molecule has 1 aliphatic heterocycles. The molecule has 1 amide bonds. The Kier molecular flexibility index (Phi) is 6.02. The van der Waals surface area contributed by atoms with Crippen molar-refractivity contribution < 1.29 is 4.79 Å². The summed E-state index contributed by atoms with van der Waals surface area (Å²) in [5.74, 6) is 0.619. The highest BCUT2D eigenvalue weighted by Gasteiger charge is 2.24. The highest BCUT2D eigenvalue weighted by molar-refractivity contribution is 7.81. The van der Waals surface area contributed by atoms with Gasteiger partial charge in [-0.25, -0.2) is 0 Å². The van der Waals surface area contributed by atoms with Crippen LogP contribution in [0.5, 0.6) is 0 Å². The summed E-state index contributed by atoms with van der Waals surface area (Å²) >= 11 is 4.58. The first-order chi connectivity index (χ1) is 12.0. The number of amides is 1. The summed E-state index contributed by atoms with van der Waals surface area (Å²) in [5, 5.41) is 2.90. The van der Waals surface area contributed by atoms with Gasteiger partial charge < -0.3 is 4.90 Å². The zero-order chi connectivity index (χ0) is 17.8. The Labute approximate surface area is 156 Å². The molecule has 0 spiro atoms. The van der Waals surface area contributed by atoms with Crippen molar-refractivity contribution in [3.05, 3.63) is 48.0 Å². The van der Waals surface area contributed by atoms with Crippen molar-refractivity contribution in [1.29, 1.82) is 0 Å². The molecule has 0 radical (unpaired) electrons. The minimum absolute atomic E-state index is 0.241. The summed E-state index contributed by atoms with van der Waals surface area (Å²) in [6.45, 7) is 7.57. The fraction of sp³-hybridized carbons (Fsp3) is 0.476. The lowest BCUT2D eigenvalue weighted by molar-refractivity contribution is -0.134. The number of carbonyl (C=O) groups excluding carboxylic acids is 1. The zero-order valence-corrected chi connectivity index (χ0v) is 16.1. The van der Waals surface area contributed by atoms with E-state index in [-0.39, 0.29) is 5.91 Å². The number of hydrogen-bond donors (Lipinski definition) is 1. The smallest absolute Gasteiger partial charge is 0.224 e. The molecule has 0 aliphatic carbocycles. The summed E-state index contributed by atoms with van der Waals surface area (Å²) in [7, 11) is 0. The molecule has 1 atom stereocenters. The lowest BCUT2D eigenvalue weighted by atomic mass is 10.1. The predicted molar refractivity (Wildman–Crippen MR) is 108 cm³/mol. The van der Waals surface area contributed by atoms with Crippen LogP contribution in [0.3, 0.4) is 0 Å². The predicted octanol–water partition coefficient (Wildman–Crippen LogP) is 4.18. The van der Waals surface area contributed by atoms with E-state index in [0.29, 0.717) is 30.8 Å². The first-order valence-electron chi connectivity index (χ1n) is 9.17. The maximum atomic E-state index is 12.8. The van der Waals surface area contributed by atoms with Crippen molar-refractivity contribution in [3.63, 3.8) is 0 Å². The number of benzene rings is 2. The second-order valence-electron chi connectivity index (χ2n) is 7.53. The lowest BCUT2D eigenvalue weighted by Gasteiger charge is -2.29. The number of thiol groups is 1. The van der Waals surface area contributed by atoms with E-state index in [0.717, 1.165) is 19.5 Å². The molecule has 25 heavy (non-hydrogen) atoms. The van der Waals surface area contributed by atoms with Gasteiger partial charge in [0.2, 0.25) is 5.91 Å². The average molecular weight is 357 g/mol. The van der Waals surface area contributed by atoms with E-state index in [2.05, 4.69) is 73.8 Å². The molecular formula is C21H28N2OS. The Balaban J connectivity index is 1.75. The van der Waals surface area contributed by atoms with Crippen molar-refractivity contribution in [2.75, 3.05) is 19.8 Å². The van der Waals surface area contributed by atoms with Gasteiger partial charge >= 0.3 is 0 Å². The molecule has 0 unspecified atom stereocenters. The van der Waals surface area contributed by atoms with Crippen molar-refractivity contribution in [3.8, 4) is 0 Å². The normalized spacial score (nSPS) is 18.2. The monoisotopic (exact) mass is 356 g/mol. The van der Waals surface area contributed by atoms with E-state index in [1.807, 2.05) is 4.90 Å². The van der Waals surface area contributed by atoms with Crippen LogP contribution in [-0.4, -0.2) is 40.7 Å². The van der Waals surface area contributed by atoms with Crippen LogP contribution >= 0.6 is 12.6 Å². The van der Waals surface area contributed by atoms with E-state index in [1.54, 1.807) is 0 Å². The molecule has 1 saturated heterocycles. The van der Waals surface area contributed by atoms with Crippen LogP contribution in [0.25, 0.3) is 10.8 Å². The zero-order valence-electron chi connectivity index (χ0n) is 15.2.